The number of amides is 2. The highest BCUT2D eigenvalue weighted by atomic mass is 32.2. The van der Waals surface area contributed by atoms with E-state index < -0.39 is 49.3 Å². The summed E-state index contributed by atoms with van der Waals surface area (Å²) < 4.78 is 29.6. The predicted molar refractivity (Wildman–Crippen MR) is 80.9 cm³/mol. The standard InChI is InChI=1S/C15H12N2O7S/c18-14-12-8-5-6-9(7-8)13(12)15(19)16(14)24-25(22,23)11-4-2-1-3-10(11)17(20)21/h1-6,8-9,12-13H,7H2. The molecule has 2 bridgehead atoms. The lowest BCUT2D eigenvalue weighted by molar-refractivity contribution is -0.388. The van der Waals surface area contributed by atoms with Crippen molar-refractivity contribution < 1.29 is 27.2 Å². The molecule has 1 aliphatic heterocycles. The third kappa shape index (κ3) is 2.21. The lowest BCUT2D eigenvalue weighted by atomic mass is 9.85. The van der Waals surface area contributed by atoms with E-state index in [4.69, 9.17) is 4.28 Å². The average molecular weight is 364 g/mol. The third-order valence-electron chi connectivity index (χ3n) is 4.93. The fourth-order valence-electron chi connectivity index (χ4n) is 3.91. The van der Waals surface area contributed by atoms with Gasteiger partial charge in [0, 0.05) is 6.07 Å². The monoisotopic (exact) mass is 364 g/mol. The van der Waals surface area contributed by atoms with Crippen molar-refractivity contribution in [3.63, 3.8) is 0 Å². The fourth-order valence-corrected chi connectivity index (χ4v) is 4.97. The van der Waals surface area contributed by atoms with E-state index in [-0.39, 0.29) is 16.9 Å². The third-order valence-corrected chi connectivity index (χ3v) is 6.16. The summed E-state index contributed by atoms with van der Waals surface area (Å²) in [6.07, 6.45) is 4.41. The van der Waals surface area contributed by atoms with E-state index in [2.05, 4.69) is 0 Å². The second-order valence-corrected chi connectivity index (χ2v) is 7.72. The van der Waals surface area contributed by atoms with E-state index in [0.717, 1.165) is 12.1 Å². The topological polar surface area (TPSA) is 124 Å². The van der Waals surface area contributed by atoms with Crippen LogP contribution in [0.25, 0.3) is 0 Å². The van der Waals surface area contributed by atoms with Crippen molar-refractivity contribution in [3.8, 4) is 0 Å². The van der Waals surface area contributed by atoms with Crippen LogP contribution >= 0.6 is 0 Å². The Morgan fingerprint density at radius 2 is 1.64 bits per heavy atom. The molecule has 0 radical (unpaired) electrons. The van der Waals surface area contributed by atoms with Crippen molar-refractivity contribution in [3.05, 3.63) is 46.5 Å². The maximum absolute atomic E-state index is 12.5. The normalized spacial score (nSPS) is 30.2. The van der Waals surface area contributed by atoms with Gasteiger partial charge in [0.1, 0.15) is 0 Å². The Bertz CT molecular complexity index is 909. The fraction of sp³-hybridized carbons (Fsp3) is 0.333. The summed E-state index contributed by atoms with van der Waals surface area (Å²) in [6, 6.07) is 4.58. The number of nitro groups is 1. The number of carbonyl (C=O) groups is 2. The summed E-state index contributed by atoms with van der Waals surface area (Å²) in [5.41, 5.74) is -0.691. The lowest BCUT2D eigenvalue weighted by Gasteiger charge is -2.15. The van der Waals surface area contributed by atoms with Crippen LogP contribution in [0.5, 0.6) is 0 Å². The van der Waals surface area contributed by atoms with E-state index in [0.29, 0.717) is 6.42 Å². The Kier molecular flexibility index (Phi) is 3.31. The van der Waals surface area contributed by atoms with Crippen molar-refractivity contribution in [1.82, 2.24) is 5.06 Å². The smallest absolute Gasteiger partial charge is 0.272 e. The quantitative estimate of drug-likeness (QED) is 0.338. The number of hydroxylamine groups is 2. The summed E-state index contributed by atoms with van der Waals surface area (Å²) in [7, 11) is -4.71. The molecule has 0 N–H and O–H groups in total. The molecule has 1 heterocycles. The molecule has 130 valence electrons. The Hall–Kier alpha value is -2.59. The van der Waals surface area contributed by atoms with Crippen LogP contribution in [-0.2, 0) is 24.0 Å². The van der Waals surface area contributed by atoms with Gasteiger partial charge in [0.05, 0.1) is 16.8 Å². The van der Waals surface area contributed by atoms with Crippen molar-refractivity contribution in [2.24, 2.45) is 23.7 Å². The molecule has 9 nitrogen and oxygen atoms in total. The number of hydrogen-bond acceptors (Lipinski definition) is 7. The molecule has 25 heavy (non-hydrogen) atoms. The predicted octanol–water partition coefficient (Wildman–Crippen LogP) is 1.02. The molecule has 1 aromatic rings. The largest absolute Gasteiger partial charge is 0.325 e. The molecule has 2 amide bonds. The van der Waals surface area contributed by atoms with Crippen LogP contribution in [0.4, 0.5) is 5.69 Å². The molecular weight excluding hydrogens is 352 g/mol. The molecule has 3 aliphatic rings. The van der Waals surface area contributed by atoms with Gasteiger partial charge in [0.2, 0.25) is 0 Å². The van der Waals surface area contributed by atoms with Crippen LogP contribution in [0.15, 0.2) is 41.3 Å². The molecule has 1 aromatic carbocycles. The first-order valence-electron chi connectivity index (χ1n) is 7.55. The number of nitrogens with zero attached hydrogens (tertiary/aromatic N) is 2. The van der Waals surface area contributed by atoms with Crippen LogP contribution in [0.1, 0.15) is 6.42 Å². The van der Waals surface area contributed by atoms with E-state index >= 15 is 0 Å². The zero-order valence-corrected chi connectivity index (χ0v) is 13.5. The van der Waals surface area contributed by atoms with Gasteiger partial charge in [-0.15, -0.1) is 9.35 Å². The van der Waals surface area contributed by atoms with Gasteiger partial charge < -0.3 is 0 Å². The van der Waals surface area contributed by atoms with E-state index in [1.807, 2.05) is 12.2 Å². The van der Waals surface area contributed by atoms with Gasteiger partial charge in [-0.3, -0.25) is 19.7 Å². The number of fused-ring (bicyclic) bond motifs is 5. The molecule has 4 unspecified atom stereocenters. The molecule has 0 spiro atoms. The zero-order chi connectivity index (χ0) is 17.9. The number of benzene rings is 1. The Morgan fingerprint density at radius 1 is 1.08 bits per heavy atom. The van der Waals surface area contributed by atoms with Gasteiger partial charge in [-0.1, -0.05) is 24.3 Å². The number of rotatable bonds is 4. The minimum absolute atomic E-state index is 0.103. The average Bonchev–Trinajstić information content (AvgIpc) is 3.25. The van der Waals surface area contributed by atoms with Crippen LogP contribution in [0, 0.1) is 33.8 Å². The van der Waals surface area contributed by atoms with Crippen molar-refractivity contribution in [1.29, 1.82) is 0 Å². The van der Waals surface area contributed by atoms with E-state index in [9.17, 15) is 28.1 Å². The SMILES string of the molecule is O=C1C2C3C=CC(C3)C2C(=O)N1OS(=O)(=O)c1ccccc1[N+](=O)[O-]. The summed E-state index contributed by atoms with van der Waals surface area (Å²) in [4.78, 5) is 34.4. The molecule has 10 heteroatoms. The molecule has 1 saturated heterocycles. The molecule has 0 aromatic heterocycles. The lowest BCUT2D eigenvalue weighted by Crippen LogP contribution is -2.35. The van der Waals surface area contributed by atoms with Crippen molar-refractivity contribution in [2.45, 2.75) is 11.3 Å². The van der Waals surface area contributed by atoms with Crippen LogP contribution in [0.2, 0.25) is 0 Å². The van der Waals surface area contributed by atoms with E-state index in [1.54, 1.807) is 0 Å². The Balaban J connectivity index is 1.66. The molecule has 1 saturated carbocycles. The second-order valence-electron chi connectivity index (χ2n) is 6.22. The zero-order valence-electron chi connectivity index (χ0n) is 12.6. The number of imide groups is 1. The van der Waals surface area contributed by atoms with Crippen molar-refractivity contribution >= 4 is 27.6 Å². The minimum atomic E-state index is -4.71. The van der Waals surface area contributed by atoms with Gasteiger partial charge in [0.15, 0.2) is 4.90 Å². The number of allylic oxidation sites excluding steroid dienone is 2. The first-order chi connectivity index (χ1) is 11.8. The summed E-state index contributed by atoms with van der Waals surface area (Å²) in [5.74, 6) is -2.88. The maximum atomic E-state index is 12.5. The first kappa shape index (κ1) is 15.9. The molecule has 2 aliphatic carbocycles. The minimum Gasteiger partial charge on any atom is -0.272 e. The van der Waals surface area contributed by atoms with Gasteiger partial charge in [-0.2, -0.15) is 8.42 Å². The summed E-state index contributed by atoms with van der Waals surface area (Å²) in [5, 5.41) is 11.3. The number of nitro benzene ring substituents is 1. The van der Waals surface area contributed by atoms with Crippen LogP contribution < -0.4 is 0 Å². The highest BCUT2D eigenvalue weighted by Gasteiger charge is 2.61. The highest BCUT2D eigenvalue weighted by Crippen LogP contribution is 2.52. The first-order valence-corrected chi connectivity index (χ1v) is 8.96. The van der Waals surface area contributed by atoms with Gasteiger partial charge in [0.25, 0.3) is 17.5 Å². The molecule has 4 rings (SSSR count). The van der Waals surface area contributed by atoms with Crippen LogP contribution in [0.3, 0.4) is 0 Å². The molecule has 4 atom stereocenters. The summed E-state index contributed by atoms with van der Waals surface area (Å²) >= 11 is 0. The summed E-state index contributed by atoms with van der Waals surface area (Å²) in [6.45, 7) is 0. The van der Waals surface area contributed by atoms with Crippen LogP contribution in [-0.4, -0.2) is 30.2 Å². The highest BCUT2D eigenvalue weighted by molar-refractivity contribution is 7.86. The van der Waals surface area contributed by atoms with E-state index in [1.165, 1.54) is 12.1 Å². The van der Waals surface area contributed by atoms with Crippen molar-refractivity contribution in [2.75, 3.05) is 0 Å². The maximum Gasteiger partial charge on any atom is 0.325 e. The van der Waals surface area contributed by atoms with Gasteiger partial charge >= 0.3 is 10.1 Å². The number of carbonyl (C=O) groups excluding carboxylic acids is 2. The Morgan fingerprint density at radius 3 is 2.20 bits per heavy atom. The molecule has 2 fully saturated rings. The van der Waals surface area contributed by atoms with Gasteiger partial charge in [-0.05, 0) is 24.3 Å². The van der Waals surface area contributed by atoms with Gasteiger partial charge in [-0.25, -0.2) is 0 Å². The molecular formula is C15H12N2O7S. The number of para-hydroxylation sites is 1. The Labute approximate surface area is 142 Å². The second kappa shape index (κ2) is 5.20. The number of hydrogen-bond donors (Lipinski definition) is 0.